The van der Waals surface area contributed by atoms with Crippen LogP contribution in [0.15, 0.2) is 106 Å². The lowest BCUT2D eigenvalue weighted by atomic mass is 9.82. The second-order valence-corrected chi connectivity index (χ2v) is 13.0. The van der Waals surface area contributed by atoms with Crippen LogP contribution in [-0.2, 0) is 4.65 Å². The van der Waals surface area contributed by atoms with Crippen LogP contribution in [0.5, 0.6) is 0 Å². The van der Waals surface area contributed by atoms with Crippen molar-refractivity contribution in [3.8, 4) is 11.1 Å². The predicted molar refractivity (Wildman–Crippen MR) is 174 cm³/mol. The van der Waals surface area contributed by atoms with E-state index in [1.807, 2.05) is 43.8 Å². The van der Waals surface area contributed by atoms with E-state index in [-0.39, 0.29) is 5.37 Å². The van der Waals surface area contributed by atoms with E-state index in [1.54, 1.807) is 13.8 Å². The number of furan rings is 1. The van der Waals surface area contributed by atoms with Crippen molar-refractivity contribution in [1.29, 1.82) is 0 Å². The Balaban J connectivity index is 1.24. The third-order valence-corrected chi connectivity index (χ3v) is 9.84. The second kappa shape index (κ2) is 9.69. The normalized spacial score (nSPS) is 15.4. The summed E-state index contributed by atoms with van der Waals surface area (Å²) in [5, 5.41) is 19.1. The summed E-state index contributed by atoms with van der Waals surface area (Å²) >= 11 is 1.88. The quantitative estimate of drug-likeness (QED) is 0.202. The first-order valence-electron chi connectivity index (χ1n) is 14.0. The number of anilines is 1. The van der Waals surface area contributed by atoms with Gasteiger partial charge in [0.2, 0.25) is 0 Å². The summed E-state index contributed by atoms with van der Waals surface area (Å²) in [7, 11) is 0.400. The molecule has 0 fully saturated rings. The van der Waals surface area contributed by atoms with Crippen LogP contribution in [0.3, 0.4) is 0 Å². The zero-order valence-corrected chi connectivity index (χ0v) is 24.5. The highest BCUT2D eigenvalue weighted by atomic mass is 32.2. The molecule has 1 atom stereocenters. The lowest BCUT2D eigenvalue weighted by Gasteiger charge is -2.37. The van der Waals surface area contributed by atoms with E-state index in [9.17, 15) is 5.11 Å². The molecule has 1 aromatic heterocycles. The minimum absolute atomic E-state index is 0.138. The van der Waals surface area contributed by atoms with Crippen molar-refractivity contribution in [3.05, 3.63) is 103 Å². The van der Waals surface area contributed by atoms with Gasteiger partial charge in [-0.05, 0) is 79.4 Å². The molecular formula is C35H32BNO3S. The number of nitrogens with one attached hydrogen (secondary N) is 1. The average molecular weight is 558 g/mol. The summed E-state index contributed by atoms with van der Waals surface area (Å²) in [6.07, 6.45) is 0. The third kappa shape index (κ3) is 4.60. The van der Waals surface area contributed by atoms with Crippen LogP contribution in [0, 0.1) is 0 Å². The molecule has 0 radical (unpaired) electrons. The molecule has 0 amide bonds. The molecular weight excluding hydrogens is 525 g/mol. The Labute approximate surface area is 245 Å². The van der Waals surface area contributed by atoms with Crippen molar-refractivity contribution in [2.45, 2.75) is 49.2 Å². The number of hydrogen-bond acceptors (Lipinski definition) is 5. The summed E-state index contributed by atoms with van der Waals surface area (Å²) in [5.74, 6) is 0. The molecule has 1 unspecified atom stereocenters. The lowest BCUT2D eigenvalue weighted by molar-refractivity contribution is -0.0893. The topological polar surface area (TPSA) is 54.6 Å². The number of hydrogen-bond donors (Lipinski definition) is 2. The van der Waals surface area contributed by atoms with Crippen molar-refractivity contribution in [1.82, 2.24) is 0 Å². The van der Waals surface area contributed by atoms with E-state index in [4.69, 9.17) is 9.07 Å². The van der Waals surface area contributed by atoms with Crippen LogP contribution in [0.2, 0.25) is 0 Å². The molecule has 5 aromatic carbocycles. The molecule has 204 valence electrons. The Bertz CT molecular complexity index is 1940. The van der Waals surface area contributed by atoms with Gasteiger partial charge in [0.15, 0.2) is 0 Å². The highest BCUT2D eigenvalue weighted by Crippen LogP contribution is 2.50. The zero-order valence-electron chi connectivity index (χ0n) is 23.7. The number of thioether (sulfide) groups is 1. The van der Waals surface area contributed by atoms with Crippen LogP contribution in [0.1, 0.15) is 38.6 Å². The van der Waals surface area contributed by atoms with Gasteiger partial charge >= 0.3 is 7.48 Å². The standard InChI is InChI=1S/C35H32BNO3S/c1-34(2,38)35(3,4)40-36-24-16-18-29-27(20-24)31-25(13-8-14-30(31)39-29)22-10-7-11-23(19-22)33-37-28-17-15-21-9-5-6-12-26(21)32(28)41-33/h5-20,33,36-38H,1-4H3. The SMILES string of the molecule is CC(C)(O)C(C)(C)OBc1ccc2oc3cccc(-c4cccc(C5Nc6ccc7ccccc7c6S5)c4)c3c2c1. The van der Waals surface area contributed by atoms with E-state index in [0.29, 0.717) is 7.48 Å². The molecule has 0 saturated heterocycles. The summed E-state index contributed by atoms with van der Waals surface area (Å²) in [5.41, 5.74) is 5.83. The fraction of sp³-hybridized carbons (Fsp3) is 0.200. The number of aliphatic hydroxyl groups is 1. The maximum absolute atomic E-state index is 10.5. The Hall–Kier alpha value is -3.71. The van der Waals surface area contributed by atoms with Crippen LogP contribution in [-0.4, -0.2) is 23.8 Å². The smallest absolute Gasteiger partial charge is 0.309 e. The minimum atomic E-state index is -0.960. The van der Waals surface area contributed by atoms with E-state index in [2.05, 4.69) is 84.2 Å². The molecule has 0 saturated carbocycles. The first-order chi connectivity index (χ1) is 19.7. The Morgan fingerprint density at radius 3 is 2.51 bits per heavy atom. The van der Waals surface area contributed by atoms with Gasteiger partial charge in [0.1, 0.15) is 16.5 Å². The van der Waals surface area contributed by atoms with Gasteiger partial charge in [-0.1, -0.05) is 90.0 Å². The highest BCUT2D eigenvalue weighted by molar-refractivity contribution is 8.00. The molecule has 7 rings (SSSR count). The van der Waals surface area contributed by atoms with Gasteiger partial charge in [0.25, 0.3) is 0 Å². The number of rotatable bonds is 6. The maximum Gasteiger partial charge on any atom is 0.309 e. The van der Waals surface area contributed by atoms with E-state index in [0.717, 1.165) is 38.5 Å². The minimum Gasteiger partial charge on any atom is -0.456 e. The largest absolute Gasteiger partial charge is 0.456 e. The average Bonchev–Trinajstić information content (AvgIpc) is 3.57. The van der Waals surface area contributed by atoms with Crippen molar-refractivity contribution in [3.63, 3.8) is 0 Å². The first-order valence-corrected chi connectivity index (χ1v) is 14.9. The molecule has 41 heavy (non-hydrogen) atoms. The van der Waals surface area contributed by atoms with Gasteiger partial charge < -0.3 is 19.5 Å². The maximum atomic E-state index is 10.5. The van der Waals surface area contributed by atoms with E-state index < -0.39 is 11.2 Å². The van der Waals surface area contributed by atoms with Crippen molar-refractivity contribution >= 4 is 63.1 Å². The number of benzene rings is 5. The van der Waals surface area contributed by atoms with Crippen LogP contribution < -0.4 is 10.8 Å². The van der Waals surface area contributed by atoms with Crippen LogP contribution in [0.25, 0.3) is 43.8 Å². The number of fused-ring (bicyclic) bond motifs is 6. The van der Waals surface area contributed by atoms with Crippen LogP contribution in [0.4, 0.5) is 5.69 Å². The van der Waals surface area contributed by atoms with Crippen LogP contribution >= 0.6 is 11.8 Å². The highest BCUT2D eigenvalue weighted by Gasteiger charge is 2.35. The molecule has 0 bridgehead atoms. The van der Waals surface area contributed by atoms with Gasteiger partial charge in [0.05, 0.1) is 11.2 Å². The summed E-state index contributed by atoms with van der Waals surface area (Å²) in [4.78, 5) is 1.31. The molecule has 0 aliphatic carbocycles. The lowest BCUT2D eigenvalue weighted by Crippen LogP contribution is -2.49. The van der Waals surface area contributed by atoms with Gasteiger partial charge in [-0.15, -0.1) is 0 Å². The van der Waals surface area contributed by atoms with E-state index in [1.165, 1.54) is 26.9 Å². The summed E-state index contributed by atoms with van der Waals surface area (Å²) in [6, 6.07) is 34.3. The third-order valence-electron chi connectivity index (χ3n) is 8.53. The molecule has 6 aromatic rings. The van der Waals surface area contributed by atoms with Gasteiger partial charge in [0, 0.05) is 21.4 Å². The fourth-order valence-corrected chi connectivity index (χ4v) is 6.71. The van der Waals surface area contributed by atoms with Crippen molar-refractivity contribution in [2.24, 2.45) is 0 Å². The van der Waals surface area contributed by atoms with Gasteiger partial charge in [-0.25, -0.2) is 0 Å². The molecule has 1 aliphatic heterocycles. The summed E-state index contributed by atoms with van der Waals surface area (Å²) < 4.78 is 12.5. The first kappa shape index (κ1) is 26.2. The molecule has 0 spiro atoms. The van der Waals surface area contributed by atoms with Crippen molar-refractivity contribution in [2.75, 3.05) is 5.32 Å². The Morgan fingerprint density at radius 2 is 1.66 bits per heavy atom. The summed E-state index contributed by atoms with van der Waals surface area (Å²) in [6.45, 7) is 7.39. The van der Waals surface area contributed by atoms with Gasteiger partial charge in [-0.2, -0.15) is 0 Å². The fourth-order valence-electron chi connectivity index (χ4n) is 5.44. The van der Waals surface area contributed by atoms with Crippen molar-refractivity contribution < 1.29 is 14.2 Å². The Kier molecular flexibility index (Phi) is 6.20. The van der Waals surface area contributed by atoms with E-state index >= 15 is 0 Å². The molecule has 2 heterocycles. The zero-order chi connectivity index (χ0) is 28.4. The second-order valence-electron chi connectivity index (χ2n) is 11.9. The molecule has 6 heteroatoms. The predicted octanol–water partition coefficient (Wildman–Crippen LogP) is 8.17. The molecule has 2 N–H and O–H groups in total. The van der Waals surface area contributed by atoms with Gasteiger partial charge in [-0.3, -0.25) is 0 Å². The molecule has 1 aliphatic rings. The Morgan fingerprint density at radius 1 is 0.829 bits per heavy atom. The molecule has 4 nitrogen and oxygen atoms in total. The monoisotopic (exact) mass is 557 g/mol.